The SMILES string of the molecule is NNc1ccc(C(=O)N2CCCC2)cc1N. The van der Waals surface area contributed by atoms with E-state index in [-0.39, 0.29) is 5.91 Å². The molecule has 16 heavy (non-hydrogen) atoms. The standard InChI is InChI=1S/C11H16N4O/c12-9-7-8(3-4-10(9)14-13)11(16)15-5-1-2-6-15/h3-4,7,14H,1-2,5-6,12-13H2. The Kier molecular flexibility index (Phi) is 2.96. The number of nitrogens with one attached hydrogen (secondary N) is 1. The van der Waals surface area contributed by atoms with Crippen LogP contribution in [0.1, 0.15) is 23.2 Å². The number of nitrogens with two attached hydrogens (primary N) is 2. The molecule has 0 aliphatic carbocycles. The fraction of sp³-hybridized carbons (Fsp3) is 0.364. The average Bonchev–Trinajstić information content (AvgIpc) is 2.81. The number of hydrogen-bond acceptors (Lipinski definition) is 4. The number of benzene rings is 1. The third-order valence-electron chi connectivity index (χ3n) is 2.85. The van der Waals surface area contributed by atoms with Crippen molar-refractivity contribution in [2.45, 2.75) is 12.8 Å². The summed E-state index contributed by atoms with van der Waals surface area (Å²) >= 11 is 0. The minimum absolute atomic E-state index is 0.0489. The van der Waals surface area contributed by atoms with E-state index in [1.54, 1.807) is 18.2 Å². The van der Waals surface area contributed by atoms with Gasteiger partial charge in [-0.1, -0.05) is 0 Å². The maximum atomic E-state index is 12.0. The summed E-state index contributed by atoms with van der Waals surface area (Å²) in [6.45, 7) is 1.69. The molecule has 1 heterocycles. The predicted octanol–water partition coefficient (Wildman–Crippen LogP) is 0.790. The lowest BCUT2D eigenvalue weighted by Crippen LogP contribution is -2.27. The van der Waals surface area contributed by atoms with Crippen molar-refractivity contribution in [2.75, 3.05) is 24.2 Å². The molecule has 5 N–H and O–H groups in total. The largest absolute Gasteiger partial charge is 0.397 e. The van der Waals surface area contributed by atoms with Gasteiger partial charge in [0.1, 0.15) is 0 Å². The molecule has 0 saturated carbocycles. The number of nitrogens with zero attached hydrogens (tertiary/aromatic N) is 1. The number of hydrazine groups is 1. The molecule has 5 nitrogen and oxygen atoms in total. The molecule has 1 fully saturated rings. The molecule has 0 unspecified atom stereocenters. The summed E-state index contributed by atoms with van der Waals surface area (Å²) in [6.07, 6.45) is 2.17. The molecular formula is C11H16N4O. The van der Waals surface area contributed by atoms with Gasteiger partial charge in [-0.15, -0.1) is 0 Å². The van der Waals surface area contributed by atoms with Gasteiger partial charge in [-0.05, 0) is 31.0 Å². The number of anilines is 2. The monoisotopic (exact) mass is 220 g/mol. The topological polar surface area (TPSA) is 84.4 Å². The second-order valence-electron chi connectivity index (χ2n) is 3.95. The maximum absolute atomic E-state index is 12.0. The second-order valence-corrected chi connectivity index (χ2v) is 3.95. The molecule has 1 aliphatic heterocycles. The van der Waals surface area contributed by atoms with E-state index >= 15 is 0 Å². The molecule has 0 bridgehead atoms. The highest BCUT2D eigenvalue weighted by Crippen LogP contribution is 2.20. The van der Waals surface area contributed by atoms with Crippen molar-refractivity contribution in [3.8, 4) is 0 Å². The van der Waals surface area contributed by atoms with E-state index in [9.17, 15) is 4.79 Å². The third kappa shape index (κ3) is 1.94. The molecule has 1 aromatic carbocycles. The van der Waals surface area contributed by atoms with Crippen molar-refractivity contribution in [1.29, 1.82) is 0 Å². The number of carbonyl (C=O) groups excluding carboxylic acids is 1. The number of rotatable bonds is 2. The van der Waals surface area contributed by atoms with E-state index in [4.69, 9.17) is 11.6 Å². The Morgan fingerprint density at radius 2 is 2.00 bits per heavy atom. The van der Waals surface area contributed by atoms with Crippen molar-refractivity contribution in [3.05, 3.63) is 23.8 Å². The summed E-state index contributed by atoms with van der Waals surface area (Å²) in [6, 6.07) is 5.13. The third-order valence-corrected chi connectivity index (χ3v) is 2.85. The minimum Gasteiger partial charge on any atom is -0.397 e. The van der Waals surface area contributed by atoms with Crippen LogP contribution in [0.5, 0.6) is 0 Å². The average molecular weight is 220 g/mol. The molecule has 0 aromatic heterocycles. The van der Waals surface area contributed by atoms with Gasteiger partial charge >= 0.3 is 0 Å². The first-order valence-electron chi connectivity index (χ1n) is 5.38. The van der Waals surface area contributed by atoms with E-state index in [0.29, 0.717) is 16.9 Å². The first-order chi connectivity index (χ1) is 7.72. The molecule has 1 amide bonds. The van der Waals surface area contributed by atoms with Crippen LogP contribution < -0.4 is 17.0 Å². The molecular weight excluding hydrogens is 204 g/mol. The number of carbonyl (C=O) groups is 1. The lowest BCUT2D eigenvalue weighted by molar-refractivity contribution is 0.0793. The summed E-state index contributed by atoms with van der Waals surface area (Å²) in [5.41, 5.74) is 9.99. The van der Waals surface area contributed by atoms with Crippen LogP contribution in [-0.4, -0.2) is 23.9 Å². The number of amides is 1. The van der Waals surface area contributed by atoms with Crippen LogP contribution in [0, 0.1) is 0 Å². The molecule has 86 valence electrons. The van der Waals surface area contributed by atoms with Crippen molar-refractivity contribution < 1.29 is 4.79 Å². The highest BCUT2D eigenvalue weighted by atomic mass is 16.2. The molecule has 0 radical (unpaired) electrons. The van der Waals surface area contributed by atoms with Gasteiger partial charge < -0.3 is 16.1 Å². The van der Waals surface area contributed by atoms with E-state index in [0.717, 1.165) is 25.9 Å². The normalized spacial score (nSPS) is 15.2. The van der Waals surface area contributed by atoms with Gasteiger partial charge in [0.25, 0.3) is 5.91 Å². The number of nitrogen functional groups attached to an aromatic ring is 2. The minimum atomic E-state index is 0.0489. The number of hydrogen-bond donors (Lipinski definition) is 3. The summed E-state index contributed by atoms with van der Waals surface area (Å²) in [4.78, 5) is 13.9. The zero-order chi connectivity index (χ0) is 11.5. The van der Waals surface area contributed by atoms with Crippen LogP contribution in [0.15, 0.2) is 18.2 Å². The van der Waals surface area contributed by atoms with Gasteiger partial charge in [0, 0.05) is 18.7 Å². The molecule has 0 spiro atoms. The molecule has 1 aromatic rings. The predicted molar refractivity (Wildman–Crippen MR) is 63.8 cm³/mol. The zero-order valence-corrected chi connectivity index (χ0v) is 9.07. The number of likely N-dealkylation sites (tertiary alicyclic amines) is 1. The van der Waals surface area contributed by atoms with Crippen molar-refractivity contribution in [2.24, 2.45) is 5.84 Å². The van der Waals surface area contributed by atoms with Crippen LogP contribution in [0.2, 0.25) is 0 Å². The molecule has 1 saturated heterocycles. The van der Waals surface area contributed by atoms with Gasteiger partial charge in [0.2, 0.25) is 0 Å². The van der Waals surface area contributed by atoms with E-state index in [1.165, 1.54) is 0 Å². The van der Waals surface area contributed by atoms with Crippen LogP contribution >= 0.6 is 0 Å². The summed E-state index contributed by atoms with van der Waals surface area (Å²) in [5, 5.41) is 0. The molecule has 5 heteroatoms. The molecule has 1 aliphatic rings. The summed E-state index contributed by atoms with van der Waals surface area (Å²) in [5.74, 6) is 5.32. The van der Waals surface area contributed by atoms with Crippen LogP contribution in [-0.2, 0) is 0 Å². The first-order valence-corrected chi connectivity index (χ1v) is 5.38. The Balaban J connectivity index is 2.20. The second kappa shape index (κ2) is 4.40. The quantitative estimate of drug-likeness (QED) is 0.391. The van der Waals surface area contributed by atoms with Crippen LogP contribution in [0.25, 0.3) is 0 Å². The Labute approximate surface area is 94.4 Å². The molecule has 2 rings (SSSR count). The van der Waals surface area contributed by atoms with Crippen LogP contribution in [0.3, 0.4) is 0 Å². The van der Waals surface area contributed by atoms with Gasteiger partial charge in [0.05, 0.1) is 11.4 Å². The van der Waals surface area contributed by atoms with Gasteiger partial charge in [-0.25, -0.2) is 0 Å². The van der Waals surface area contributed by atoms with Crippen molar-refractivity contribution >= 4 is 17.3 Å². The van der Waals surface area contributed by atoms with Crippen LogP contribution in [0.4, 0.5) is 11.4 Å². The Hall–Kier alpha value is -1.75. The first kappa shape index (κ1) is 10.8. The smallest absolute Gasteiger partial charge is 0.253 e. The van der Waals surface area contributed by atoms with Gasteiger partial charge in [-0.3, -0.25) is 10.6 Å². The fourth-order valence-corrected chi connectivity index (χ4v) is 1.93. The van der Waals surface area contributed by atoms with Crippen molar-refractivity contribution in [1.82, 2.24) is 4.90 Å². The Bertz CT molecular complexity index is 399. The lowest BCUT2D eigenvalue weighted by Gasteiger charge is -2.16. The van der Waals surface area contributed by atoms with Gasteiger partial charge in [0.15, 0.2) is 0 Å². The summed E-state index contributed by atoms with van der Waals surface area (Å²) in [7, 11) is 0. The lowest BCUT2D eigenvalue weighted by atomic mass is 10.1. The fourth-order valence-electron chi connectivity index (χ4n) is 1.93. The van der Waals surface area contributed by atoms with E-state index in [2.05, 4.69) is 5.43 Å². The van der Waals surface area contributed by atoms with E-state index < -0.39 is 0 Å². The zero-order valence-electron chi connectivity index (χ0n) is 9.07. The Morgan fingerprint density at radius 3 is 2.56 bits per heavy atom. The highest BCUT2D eigenvalue weighted by Gasteiger charge is 2.19. The Morgan fingerprint density at radius 1 is 1.31 bits per heavy atom. The van der Waals surface area contributed by atoms with Crippen molar-refractivity contribution in [3.63, 3.8) is 0 Å². The molecule has 0 atom stereocenters. The maximum Gasteiger partial charge on any atom is 0.253 e. The highest BCUT2D eigenvalue weighted by molar-refractivity contribution is 5.96. The van der Waals surface area contributed by atoms with E-state index in [1.807, 2.05) is 4.90 Å². The van der Waals surface area contributed by atoms with Gasteiger partial charge in [-0.2, -0.15) is 0 Å². The summed E-state index contributed by atoms with van der Waals surface area (Å²) < 4.78 is 0.